The number of aromatic nitrogens is 1. The third kappa shape index (κ3) is 7.30. The molecule has 4 aliphatic rings. The molecule has 0 amide bonds. The maximum atomic E-state index is 14.1. The Kier molecular flexibility index (Phi) is 11.8. The third-order valence-corrected chi connectivity index (χ3v) is 11.1. The summed E-state index contributed by atoms with van der Waals surface area (Å²) < 4.78 is 54.2. The molecule has 0 aromatic carbocycles. The van der Waals surface area contributed by atoms with E-state index in [0.717, 1.165) is 48.5 Å². The first-order chi connectivity index (χ1) is 26.5. The van der Waals surface area contributed by atoms with Crippen LogP contribution in [-0.2, 0) is 82.6 Å². The number of esters is 8. The summed E-state index contributed by atoms with van der Waals surface area (Å²) >= 11 is 0. The monoisotopic (exact) mass is 805 g/mol. The molecule has 3 fully saturated rings. The number of rotatable bonds is 7. The lowest BCUT2D eigenvalue weighted by molar-refractivity contribution is -0.386. The molecule has 19 heteroatoms. The van der Waals surface area contributed by atoms with Gasteiger partial charge >= 0.3 is 47.8 Å². The number of ether oxygens (including phenoxy) is 9. The summed E-state index contributed by atoms with van der Waals surface area (Å²) in [4.78, 5) is 111. The van der Waals surface area contributed by atoms with Crippen molar-refractivity contribution >= 4 is 47.8 Å². The van der Waals surface area contributed by atoms with Crippen molar-refractivity contribution in [2.75, 3.05) is 13.2 Å². The highest BCUT2D eigenvalue weighted by atomic mass is 16.7. The predicted molar refractivity (Wildman–Crippen MR) is 185 cm³/mol. The average Bonchev–Trinajstić information content (AvgIpc) is 3.32. The second-order valence-electron chi connectivity index (χ2n) is 15.3. The van der Waals surface area contributed by atoms with Crippen molar-refractivity contribution in [3.05, 3.63) is 29.6 Å². The zero-order valence-corrected chi connectivity index (χ0v) is 33.0. The quantitative estimate of drug-likeness (QED) is 0.296. The van der Waals surface area contributed by atoms with Gasteiger partial charge in [0.05, 0.1) is 23.1 Å². The summed E-state index contributed by atoms with van der Waals surface area (Å²) in [5, 5.41) is 13.4. The maximum Gasteiger partial charge on any atom is 0.340 e. The van der Waals surface area contributed by atoms with Gasteiger partial charge in [-0.2, -0.15) is 0 Å². The molecule has 2 saturated carbocycles. The molecule has 2 unspecified atom stereocenters. The molecule has 2 aliphatic heterocycles. The largest absolute Gasteiger partial charge is 0.465 e. The SMILES string of the molecule is CC(=O)OC[C@]12[C@H](OC(C)=O)[C@H](OC(C)=O)C3[C@@H](OC(C)=O)[C@@]14OC3(C)COC(=O)c1cccnc1CC[C@H](C)C(=O)O[C@@H]([C@H](OC(C)=O)[C@@H]2OC(C)=O)[C@]4(C)O. The molecule has 2 aliphatic carbocycles. The fraction of sp³-hybridized carbons (Fsp3) is 0.658. The predicted octanol–water partition coefficient (Wildman–Crippen LogP) is 0.863. The minimum Gasteiger partial charge on any atom is -0.465 e. The van der Waals surface area contributed by atoms with Gasteiger partial charge < -0.3 is 47.7 Å². The standard InChI is InChI=1S/C38H47NO18/c1-17-12-13-25-24(11-10-14-39-25)34(47)50-15-35(8)26-27(51-19(3)41)31(54-22(6)44)37(16-49-18(2)40)32(55-23(7)45)28(52-20(4)42)30(56-33(17)46)36(9,48)38(37,57-35)29(26)53-21(5)43/h10-11,14,17,26-32,48H,12-13,15-16H2,1-9H3/t17-,26?,27+,28-,29+,30-,31+,32-,35?,36-,37+,38-/m0/s1. The smallest absolute Gasteiger partial charge is 0.340 e. The van der Waals surface area contributed by atoms with Gasteiger partial charge in [-0.05, 0) is 38.8 Å². The molecule has 1 aromatic heterocycles. The number of aliphatic hydroxyl groups is 1. The summed E-state index contributed by atoms with van der Waals surface area (Å²) in [6, 6.07) is 2.95. The van der Waals surface area contributed by atoms with Crippen molar-refractivity contribution in [3.63, 3.8) is 0 Å². The number of nitrogens with zero attached hydrogens (tertiary/aromatic N) is 1. The lowest BCUT2D eigenvalue weighted by Gasteiger charge is -2.67. The Hall–Kier alpha value is -5.17. The first-order valence-electron chi connectivity index (χ1n) is 18.3. The van der Waals surface area contributed by atoms with Crippen molar-refractivity contribution in [2.45, 2.75) is 129 Å². The topological polar surface area (TPSA) is 253 Å². The van der Waals surface area contributed by atoms with Crippen LogP contribution >= 0.6 is 0 Å². The number of aryl methyl sites for hydroxylation is 1. The molecule has 312 valence electrons. The minimum absolute atomic E-state index is 0.0290. The van der Waals surface area contributed by atoms with Crippen LogP contribution in [0.5, 0.6) is 0 Å². The molecule has 4 bridgehead atoms. The molecule has 12 atom stereocenters. The fourth-order valence-electron chi connectivity index (χ4n) is 9.16. The van der Waals surface area contributed by atoms with E-state index >= 15 is 0 Å². The molecule has 1 N–H and O–H groups in total. The van der Waals surface area contributed by atoms with Gasteiger partial charge in [-0.1, -0.05) is 6.92 Å². The summed E-state index contributed by atoms with van der Waals surface area (Å²) in [7, 11) is 0. The van der Waals surface area contributed by atoms with Crippen LogP contribution in [0.3, 0.4) is 0 Å². The van der Waals surface area contributed by atoms with E-state index in [1.165, 1.54) is 32.2 Å². The highest BCUT2D eigenvalue weighted by Crippen LogP contribution is 2.70. The van der Waals surface area contributed by atoms with E-state index in [9.17, 15) is 43.5 Å². The highest BCUT2D eigenvalue weighted by molar-refractivity contribution is 5.90. The second kappa shape index (κ2) is 15.6. The van der Waals surface area contributed by atoms with E-state index < -0.39 is 132 Å². The maximum absolute atomic E-state index is 14.1. The first-order valence-corrected chi connectivity index (χ1v) is 18.3. The van der Waals surface area contributed by atoms with E-state index in [1.807, 2.05) is 0 Å². The molecular formula is C38H47NO18. The van der Waals surface area contributed by atoms with Crippen LogP contribution < -0.4 is 0 Å². The van der Waals surface area contributed by atoms with Crippen molar-refractivity contribution in [3.8, 4) is 0 Å². The van der Waals surface area contributed by atoms with E-state index in [2.05, 4.69) is 4.98 Å². The van der Waals surface area contributed by atoms with Crippen LogP contribution in [0.25, 0.3) is 0 Å². The Balaban J connectivity index is 1.99. The molecule has 0 radical (unpaired) electrons. The lowest BCUT2D eigenvalue weighted by Crippen LogP contribution is -2.89. The molecule has 57 heavy (non-hydrogen) atoms. The first kappa shape index (κ1) is 43.0. The van der Waals surface area contributed by atoms with Crippen molar-refractivity contribution < 1.29 is 86.1 Å². The molecule has 5 rings (SSSR count). The number of hydrogen-bond acceptors (Lipinski definition) is 19. The molecule has 3 heterocycles. The van der Waals surface area contributed by atoms with Crippen LogP contribution in [0.2, 0.25) is 0 Å². The Morgan fingerprint density at radius 2 is 1.35 bits per heavy atom. The average molecular weight is 806 g/mol. The summed E-state index contributed by atoms with van der Waals surface area (Å²) in [6.45, 7) is 8.15. The number of fused-ring (bicyclic) bond motifs is 5. The van der Waals surface area contributed by atoms with Crippen LogP contribution in [-0.4, -0.2) is 124 Å². The van der Waals surface area contributed by atoms with Gasteiger partial charge in [0.25, 0.3) is 0 Å². The Morgan fingerprint density at radius 3 is 1.91 bits per heavy atom. The van der Waals surface area contributed by atoms with Crippen molar-refractivity contribution in [1.82, 2.24) is 4.98 Å². The van der Waals surface area contributed by atoms with Gasteiger partial charge in [0.15, 0.2) is 30.0 Å². The van der Waals surface area contributed by atoms with Crippen molar-refractivity contribution in [1.29, 1.82) is 0 Å². The Bertz CT molecular complexity index is 1840. The van der Waals surface area contributed by atoms with Crippen molar-refractivity contribution in [2.24, 2.45) is 17.3 Å². The normalized spacial score (nSPS) is 37.1. The van der Waals surface area contributed by atoms with Gasteiger partial charge in [-0.25, -0.2) is 4.79 Å². The van der Waals surface area contributed by atoms with Gasteiger partial charge in [0.2, 0.25) is 0 Å². The third-order valence-electron chi connectivity index (χ3n) is 11.1. The molecule has 1 aromatic rings. The fourth-order valence-corrected chi connectivity index (χ4v) is 9.16. The Labute approximate surface area is 327 Å². The molecule has 1 saturated heterocycles. The molecule has 19 nitrogen and oxygen atoms in total. The molecular weight excluding hydrogens is 758 g/mol. The van der Waals surface area contributed by atoms with Gasteiger partial charge in [-0.15, -0.1) is 0 Å². The minimum atomic E-state index is -2.80. The van der Waals surface area contributed by atoms with Gasteiger partial charge in [0.1, 0.15) is 42.0 Å². The number of carbonyl (C=O) groups excluding carboxylic acids is 8. The summed E-state index contributed by atoms with van der Waals surface area (Å²) in [5.41, 5.74) is -9.87. The number of cyclic esters (lactones) is 1. The Morgan fingerprint density at radius 1 is 0.807 bits per heavy atom. The lowest BCUT2D eigenvalue weighted by atomic mass is 9.45. The number of carbonyl (C=O) groups is 8. The van der Waals surface area contributed by atoms with Crippen LogP contribution in [0.1, 0.15) is 84.8 Å². The van der Waals surface area contributed by atoms with E-state index in [4.69, 9.17) is 42.6 Å². The highest BCUT2D eigenvalue weighted by Gasteiger charge is 2.92. The zero-order valence-electron chi connectivity index (χ0n) is 33.0. The summed E-state index contributed by atoms with van der Waals surface area (Å²) in [5.74, 6) is -10.5. The van der Waals surface area contributed by atoms with Crippen LogP contribution in [0, 0.1) is 17.3 Å². The van der Waals surface area contributed by atoms with Crippen LogP contribution in [0.15, 0.2) is 18.3 Å². The zero-order chi connectivity index (χ0) is 42.4. The van der Waals surface area contributed by atoms with E-state index in [1.54, 1.807) is 0 Å². The summed E-state index contributed by atoms with van der Waals surface area (Å²) in [6.07, 6.45) is -10.3. The van der Waals surface area contributed by atoms with Gasteiger partial charge in [-0.3, -0.25) is 38.5 Å². The van der Waals surface area contributed by atoms with Crippen LogP contribution in [0.4, 0.5) is 0 Å². The molecule has 1 spiro atoms. The van der Waals surface area contributed by atoms with Gasteiger partial charge in [0, 0.05) is 47.7 Å². The van der Waals surface area contributed by atoms with E-state index in [-0.39, 0.29) is 24.1 Å². The number of pyridine rings is 1. The second-order valence-corrected chi connectivity index (χ2v) is 15.3. The number of hydrogen-bond donors (Lipinski definition) is 1. The van der Waals surface area contributed by atoms with E-state index in [0.29, 0.717) is 0 Å².